The van der Waals surface area contributed by atoms with Crippen molar-refractivity contribution >= 4 is 22.1 Å². The monoisotopic (exact) mass is 729 g/mol. The first-order chi connectivity index (χ1) is 27.6. The fourth-order valence-corrected chi connectivity index (χ4v) is 7.09. The van der Waals surface area contributed by atoms with E-state index >= 15 is 0 Å². The van der Waals surface area contributed by atoms with Crippen LogP contribution in [0.25, 0.3) is 90.4 Å². The van der Waals surface area contributed by atoms with Gasteiger partial charge in [-0.1, -0.05) is 84.9 Å². The Hall–Kier alpha value is -7.65. The summed E-state index contributed by atoms with van der Waals surface area (Å²) in [5.74, 6) is 2.10. The first-order valence-corrected chi connectivity index (χ1v) is 18.1. The molecular weight excluding hydrogens is 701 g/mol. The third-order valence-electron chi connectivity index (χ3n) is 9.70. The predicted octanol–water partition coefficient (Wildman–Crippen LogP) is 11.2. The smallest absolute Gasteiger partial charge is 0.164 e. The van der Waals surface area contributed by atoms with Crippen molar-refractivity contribution in [3.8, 4) is 68.3 Å². The van der Waals surface area contributed by atoms with Crippen molar-refractivity contribution in [1.29, 1.82) is 0 Å². The molecule has 0 amide bonds. The van der Waals surface area contributed by atoms with Crippen LogP contribution in [-0.2, 0) is 0 Å². The summed E-state index contributed by atoms with van der Waals surface area (Å²) < 4.78 is 32.6. The van der Waals surface area contributed by atoms with Gasteiger partial charge < -0.3 is 0 Å². The number of hydrogen-bond donors (Lipinski definition) is 0. The van der Waals surface area contributed by atoms with Gasteiger partial charge in [0.25, 0.3) is 0 Å². The molecule has 0 fully saturated rings. The van der Waals surface area contributed by atoms with E-state index in [-0.39, 0.29) is 11.6 Å². The van der Waals surface area contributed by atoms with E-state index in [4.69, 9.17) is 24.9 Å². The van der Waals surface area contributed by atoms with Gasteiger partial charge in [0.05, 0.1) is 22.1 Å². The molecule has 9 heteroatoms. The Labute approximate surface area is 319 Å². The largest absolute Gasteiger partial charge is 0.292 e. The maximum atomic E-state index is 14.3. The average Bonchev–Trinajstić information content (AvgIpc) is 3.84. The number of rotatable bonds is 7. The van der Waals surface area contributed by atoms with Crippen LogP contribution in [0.5, 0.6) is 0 Å². The number of para-hydroxylation sites is 4. The minimum absolute atomic E-state index is 0.332. The molecule has 0 unspecified atom stereocenters. The van der Waals surface area contributed by atoms with Crippen molar-refractivity contribution in [2.75, 3.05) is 0 Å². The minimum atomic E-state index is -0.332. The summed E-state index contributed by atoms with van der Waals surface area (Å²) in [4.78, 5) is 25.4. The number of nitrogens with zero attached hydrogens (tertiary/aromatic N) is 7. The van der Waals surface area contributed by atoms with E-state index in [1.165, 1.54) is 24.3 Å². The fourth-order valence-electron chi connectivity index (χ4n) is 7.09. The highest BCUT2D eigenvalue weighted by Gasteiger charge is 2.22. The van der Waals surface area contributed by atoms with Gasteiger partial charge in [-0.2, -0.15) is 0 Å². The van der Waals surface area contributed by atoms with E-state index in [1.807, 2.05) is 137 Å². The molecule has 0 aliphatic carbocycles. The SMILES string of the molecule is Fc1ccc(-n2c(-c3cc(-c4nc(-c5ccccc5)nc(-c5ccccc5)n4)cc(-c4nc5ccccc5n4-c4ccc(F)cc4)c3)nc3ccccc32)cc1. The lowest BCUT2D eigenvalue weighted by atomic mass is 10.0. The van der Waals surface area contributed by atoms with Crippen LogP contribution in [-0.4, -0.2) is 34.1 Å². The van der Waals surface area contributed by atoms with Crippen molar-refractivity contribution in [3.05, 3.63) is 188 Å². The molecule has 0 saturated carbocycles. The summed E-state index contributed by atoms with van der Waals surface area (Å²) in [6, 6.07) is 54.2. The Kier molecular flexibility index (Phi) is 8.03. The second kappa shape index (κ2) is 13.6. The number of imidazole rings is 2. The van der Waals surface area contributed by atoms with E-state index in [1.54, 1.807) is 24.3 Å². The third-order valence-corrected chi connectivity index (χ3v) is 9.70. The van der Waals surface area contributed by atoms with Gasteiger partial charge in [0.15, 0.2) is 17.5 Å². The van der Waals surface area contributed by atoms with Crippen molar-refractivity contribution in [1.82, 2.24) is 34.1 Å². The van der Waals surface area contributed by atoms with Crippen LogP contribution in [0.1, 0.15) is 0 Å². The zero-order valence-electron chi connectivity index (χ0n) is 29.6. The van der Waals surface area contributed by atoms with E-state index < -0.39 is 0 Å². The minimum Gasteiger partial charge on any atom is -0.292 e. The number of fused-ring (bicyclic) bond motifs is 2. The molecule has 7 aromatic carbocycles. The maximum Gasteiger partial charge on any atom is 0.164 e. The van der Waals surface area contributed by atoms with Gasteiger partial charge in [-0.25, -0.2) is 33.7 Å². The first-order valence-electron chi connectivity index (χ1n) is 18.1. The van der Waals surface area contributed by atoms with Gasteiger partial charge in [0, 0.05) is 39.2 Å². The standard InChI is InChI=1S/C47H29F2N7/c48-35-19-23-37(24-20-35)55-41-17-9-7-15-39(41)50-46(55)33-27-32(45-53-43(30-11-3-1-4-12-30)52-44(54-45)31-13-5-2-6-14-31)28-34(29-33)47-51-40-16-8-10-18-42(40)56(47)38-25-21-36(49)22-26-38/h1-29H. The molecule has 0 aliphatic heterocycles. The molecule has 3 aromatic heterocycles. The highest BCUT2D eigenvalue weighted by Crippen LogP contribution is 2.37. The van der Waals surface area contributed by atoms with E-state index in [0.717, 1.165) is 55.7 Å². The predicted molar refractivity (Wildman–Crippen MR) is 216 cm³/mol. The van der Waals surface area contributed by atoms with Crippen LogP contribution >= 0.6 is 0 Å². The quantitative estimate of drug-likeness (QED) is 0.163. The van der Waals surface area contributed by atoms with Crippen molar-refractivity contribution < 1.29 is 8.78 Å². The van der Waals surface area contributed by atoms with E-state index in [0.29, 0.717) is 34.7 Å². The van der Waals surface area contributed by atoms with Crippen LogP contribution in [0.3, 0.4) is 0 Å². The van der Waals surface area contributed by atoms with Gasteiger partial charge in [-0.05, 0) is 91.0 Å². The van der Waals surface area contributed by atoms with E-state index in [9.17, 15) is 8.78 Å². The van der Waals surface area contributed by atoms with Gasteiger partial charge in [-0.3, -0.25) is 9.13 Å². The third kappa shape index (κ3) is 5.97. The summed E-state index contributed by atoms with van der Waals surface area (Å²) in [5, 5.41) is 0. The van der Waals surface area contributed by atoms with Gasteiger partial charge >= 0.3 is 0 Å². The molecule has 266 valence electrons. The zero-order valence-corrected chi connectivity index (χ0v) is 29.6. The van der Waals surface area contributed by atoms with Crippen molar-refractivity contribution in [2.24, 2.45) is 0 Å². The van der Waals surface area contributed by atoms with Crippen LogP contribution in [0, 0.1) is 11.6 Å². The second-order valence-electron chi connectivity index (χ2n) is 13.3. The lowest BCUT2D eigenvalue weighted by molar-refractivity contribution is 0.627. The summed E-state index contributed by atoms with van der Waals surface area (Å²) in [6.45, 7) is 0. The van der Waals surface area contributed by atoms with Crippen LogP contribution in [0.2, 0.25) is 0 Å². The van der Waals surface area contributed by atoms with Crippen LogP contribution in [0.15, 0.2) is 176 Å². The Bertz CT molecular complexity index is 2830. The molecule has 0 atom stereocenters. The Morgan fingerprint density at radius 2 is 0.679 bits per heavy atom. The topological polar surface area (TPSA) is 74.3 Å². The highest BCUT2D eigenvalue weighted by molar-refractivity contribution is 5.88. The molecule has 0 bridgehead atoms. The molecule has 0 aliphatic rings. The van der Waals surface area contributed by atoms with Gasteiger partial charge in [0.2, 0.25) is 0 Å². The summed E-state index contributed by atoms with van der Waals surface area (Å²) in [7, 11) is 0. The molecule has 10 rings (SSSR count). The van der Waals surface area contributed by atoms with E-state index in [2.05, 4.69) is 0 Å². The number of hydrogen-bond acceptors (Lipinski definition) is 5. The Morgan fingerprint density at radius 3 is 1.11 bits per heavy atom. The van der Waals surface area contributed by atoms with Crippen LogP contribution < -0.4 is 0 Å². The molecular formula is C47H29F2N7. The first kappa shape index (κ1) is 33.0. The normalized spacial score (nSPS) is 11.4. The van der Waals surface area contributed by atoms with Gasteiger partial charge in [-0.15, -0.1) is 0 Å². The van der Waals surface area contributed by atoms with Crippen molar-refractivity contribution in [2.45, 2.75) is 0 Å². The molecule has 10 aromatic rings. The maximum absolute atomic E-state index is 14.3. The summed E-state index contributed by atoms with van der Waals surface area (Å²) >= 11 is 0. The van der Waals surface area contributed by atoms with Gasteiger partial charge in [0.1, 0.15) is 23.3 Å². The average molecular weight is 730 g/mol. The molecule has 56 heavy (non-hydrogen) atoms. The number of halogens is 2. The highest BCUT2D eigenvalue weighted by atomic mass is 19.1. The summed E-state index contributed by atoms with van der Waals surface area (Å²) in [6.07, 6.45) is 0. The molecule has 0 N–H and O–H groups in total. The number of benzene rings is 7. The van der Waals surface area contributed by atoms with Crippen LogP contribution in [0.4, 0.5) is 8.78 Å². The zero-order chi connectivity index (χ0) is 37.6. The second-order valence-corrected chi connectivity index (χ2v) is 13.3. The lowest BCUT2D eigenvalue weighted by Crippen LogP contribution is -2.03. The summed E-state index contributed by atoms with van der Waals surface area (Å²) in [5.41, 5.74) is 8.65. The molecule has 3 heterocycles. The number of aromatic nitrogens is 7. The molecule has 7 nitrogen and oxygen atoms in total. The lowest BCUT2D eigenvalue weighted by Gasteiger charge is -2.15. The molecule has 0 saturated heterocycles. The molecule has 0 spiro atoms. The van der Waals surface area contributed by atoms with Crippen molar-refractivity contribution in [3.63, 3.8) is 0 Å². The fraction of sp³-hybridized carbons (Fsp3) is 0. The Balaban J connectivity index is 1.28. The Morgan fingerprint density at radius 1 is 0.321 bits per heavy atom. The molecule has 0 radical (unpaired) electrons.